The van der Waals surface area contributed by atoms with E-state index < -0.39 is 20.6 Å². The van der Waals surface area contributed by atoms with Crippen LogP contribution in [-0.4, -0.2) is 23.0 Å². The predicted octanol–water partition coefficient (Wildman–Crippen LogP) is 4.28. The van der Waals surface area contributed by atoms with Gasteiger partial charge in [-0.1, -0.05) is 56.1 Å². The minimum Gasteiger partial charge on any atom is -0.297 e. The number of halogens is 5. The van der Waals surface area contributed by atoms with Crippen LogP contribution in [0.4, 0.5) is 13.2 Å². The first-order chi connectivity index (χ1) is 10.2. The van der Waals surface area contributed by atoms with Crippen molar-refractivity contribution >= 4 is 37.4 Å². The summed E-state index contributed by atoms with van der Waals surface area (Å²) >= 11 is 7.06. The minimum atomic E-state index is -4.40. The van der Waals surface area contributed by atoms with E-state index in [4.69, 9.17) is 0 Å². The van der Waals surface area contributed by atoms with Crippen LogP contribution in [0.15, 0.2) is 42.5 Å². The lowest BCUT2D eigenvalue weighted by Crippen LogP contribution is -2.63. The van der Waals surface area contributed by atoms with E-state index in [1.54, 1.807) is 38.4 Å². The van der Waals surface area contributed by atoms with Crippen molar-refractivity contribution in [2.45, 2.75) is 15.1 Å². The van der Waals surface area contributed by atoms with Crippen molar-refractivity contribution in [3.8, 4) is 0 Å². The molecule has 0 heterocycles. The van der Waals surface area contributed by atoms with Gasteiger partial charge in [0.1, 0.15) is 8.90 Å². The van der Waals surface area contributed by atoms with E-state index in [0.29, 0.717) is 5.57 Å². The molecule has 0 unspecified atom stereocenters. The summed E-state index contributed by atoms with van der Waals surface area (Å²) < 4.78 is 38.8. The third kappa shape index (κ3) is 3.04. The molecule has 2 N–H and O–H groups in total. The Morgan fingerprint density at radius 2 is 1.64 bits per heavy atom. The lowest BCUT2D eigenvalue weighted by molar-refractivity contribution is -0.137. The van der Waals surface area contributed by atoms with E-state index in [-0.39, 0.29) is 5.56 Å². The normalized spacial score (nSPS) is 19.9. The van der Waals surface area contributed by atoms with Crippen molar-refractivity contribution < 1.29 is 13.2 Å². The molecule has 0 aliphatic heterocycles. The quantitative estimate of drug-likeness (QED) is 0.542. The molecule has 1 aromatic rings. The Labute approximate surface area is 144 Å². The Morgan fingerprint density at radius 3 is 2.14 bits per heavy atom. The molecule has 0 bridgehead atoms. The second kappa shape index (κ2) is 6.11. The Balaban J connectivity index is 2.54. The van der Waals surface area contributed by atoms with E-state index in [1.165, 1.54) is 12.1 Å². The lowest BCUT2D eigenvalue weighted by atomic mass is 9.90. The van der Waals surface area contributed by atoms with Gasteiger partial charge in [0.15, 0.2) is 0 Å². The molecule has 0 fully saturated rings. The third-order valence-corrected chi connectivity index (χ3v) is 5.42. The van der Waals surface area contributed by atoms with Gasteiger partial charge < -0.3 is 0 Å². The molecule has 22 heavy (non-hydrogen) atoms. The molecule has 1 aromatic carbocycles. The summed E-state index contributed by atoms with van der Waals surface area (Å²) in [5, 5.41) is 6.23. The Kier molecular flexibility index (Phi) is 4.92. The summed E-state index contributed by atoms with van der Waals surface area (Å²) in [6.45, 7) is 0. The number of allylic oxidation sites excluding steroid dienone is 2. The topological polar surface area (TPSA) is 24.1 Å². The second-order valence-corrected chi connectivity index (χ2v) is 8.47. The monoisotopic (exact) mass is 438 g/mol. The van der Waals surface area contributed by atoms with Crippen molar-refractivity contribution in [1.29, 1.82) is 0 Å². The molecule has 2 rings (SSSR count). The summed E-state index contributed by atoms with van der Waals surface area (Å²) in [5.41, 5.74) is -0.676. The van der Waals surface area contributed by atoms with Gasteiger partial charge in [0, 0.05) is 0 Å². The van der Waals surface area contributed by atoms with Gasteiger partial charge in [-0.05, 0) is 43.5 Å². The highest BCUT2D eigenvalue weighted by Crippen LogP contribution is 2.45. The smallest absolute Gasteiger partial charge is 0.297 e. The Hall–Kier alpha value is -0.630. The van der Waals surface area contributed by atoms with Gasteiger partial charge in [-0.2, -0.15) is 13.2 Å². The van der Waals surface area contributed by atoms with Crippen LogP contribution in [0.25, 0.3) is 5.57 Å². The zero-order valence-corrected chi connectivity index (χ0v) is 15.1. The molecule has 0 saturated heterocycles. The summed E-state index contributed by atoms with van der Waals surface area (Å²) in [7, 11) is 3.53. The van der Waals surface area contributed by atoms with Crippen molar-refractivity contribution in [1.82, 2.24) is 10.6 Å². The summed E-state index contributed by atoms with van der Waals surface area (Å²) in [5.74, 6) is 0. The van der Waals surface area contributed by atoms with Crippen LogP contribution < -0.4 is 10.6 Å². The van der Waals surface area contributed by atoms with E-state index in [9.17, 15) is 13.2 Å². The lowest BCUT2D eigenvalue weighted by Gasteiger charge is -2.42. The number of nitrogens with one attached hydrogen (secondary N) is 2. The number of likely N-dealkylation sites (N-methyl/N-ethyl adjacent to an activating group) is 2. The van der Waals surface area contributed by atoms with Crippen molar-refractivity contribution in [2.24, 2.45) is 0 Å². The average Bonchev–Trinajstić information content (AvgIpc) is 2.46. The van der Waals surface area contributed by atoms with Crippen molar-refractivity contribution in [3.63, 3.8) is 0 Å². The average molecular weight is 440 g/mol. The van der Waals surface area contributed by atoms with E-state index in [2.05, 4.69) is 42.5 Å². The van der Waals surface area contributed by atoms with Crippen LogP contribution in [0, 0.1) is 0 Å². The van der Waals surface area contributed by atoms with Crippen LogP contribution in [0.2, 0.25) is 0 Å². The molecule has 120 valence electrons. The predicted molar refractivity (Wildman–Crippen MR) is 90.0 cm³/mol. The Bertz CT molecular complexity index is 617. The summed E-state index contributed by atoms with van der Waals surface area (Å²) in [4.78, 5) is 0. The summed E-state index contributed by atoms with van der Waals surface area (Å²) in [6.07, 6.45) is 0.787. The molecular weight excluding hydrogens is 425 g/mol. The van der Waals surface area contributed by atoms with Gasteiger partial charge in [-0.15, -0.1) is 0 Å². The van der Waals surface area contributed by atoms with E-state index >= 15 is 0 Å². The fourth-order valence-electron chi connectivity index (χ4n) is 2.46. The summed E-state index contributed by atoms with van der Waals surface area (Å²) in [6, 6.07) is 5.55. The largest absolute Gasteiger partial charge is 0.417 e. The number of alkyl halides is 5. The maximum absolute atomic E-state index is 13.2. The minimum absolute atomic E-state index is 0.148. The molecule has 0 amide bonds. The number of hydrogen-bond acceptors (Lipinski definition) is 2. The van der Waals surface area contributed by atoms with Crippen LogP contribution >= 0.6 is 31.9 Å². The molecule has 0 aromatic heterocycles. The zero-order chi connectivity index (χ0) is 16.6. The maximum atomic E-state index is 13.2. The molecular formula is C15H15Br2F3N2. The molecule has 7 heteroatoms. The Morgan fingerprint density at radius 1 is 1.05 bits per heavy atom. The van der Waals surface area contributed by atoms with Crippen molar-refractivity contribution in [2.75, 3.05) is 14.1 Å². The van der Waals surface area contributed by atoms with Gasteiger partial charge in [-0.25, -0.2) is 0 Å². The molecule has 2 nitrogen and oxygen atoms in total. The van der Waals surface area contributed by atoms with Crippen LogP contribution in [-0.2, 0) is 6.18 Å². The standard InChI is InChI=1S/C15H15Br2F3N2/c1-21-14(22-2)8-7-10(9-13(14,16)17)11-5-3-4-6-12(11)15(18,19)20/h3-9,21-22H,1-2H3. The molecule has 0 radical (unpaired) electrons. The van der Waals surface area contributed by atoms with Gasteiger partial charge in [0.2, 0.25) is 0 Å². The first-order valence-electron chi connectivity index (χ1n) is 6.51. The molecule has 1 aliphatic rings. The second-order valence-electron chi connectivity index (χ2n) is 4.91. The number of rotatable bonds is 3. The van der Waals surface area contributed by atoms with Crippen LogP contribution in [0.5, 0.6) is 0 Å². The van der Waals surface area contributed by atoms with Gasteiger partial charge >= 0.3 is 6.18 Å². The third-order valence-electron chi connectivity index (χ3n) is 3.71. The highest BCUT2D eigenvalue weighted by molar-refractivity contribution is 9.25. The SMILES string of the molecule is CNC1(NC)C=CC(c2ccccc2C(F)(F)F)=CC1(Br)Br. The van der Waals surface area contributed by atoms with Crippen LogP contribution in [0.1, 0.15) is 11.1 Å². The first kappa shape index (κ1) is 17.7. The van der Waals surface area contributed by atoms with Crippen LogP contribution in [0.3, 0.4) is 0 Å². The highest BCUT2D eigenvalue weighted by Gasteiger charge is 2.46. The number of hydrogen-bond donors (Lipinski definition) is 2. The maximum Gasteiger partial charge on any atom is 0.417 e. The molecule has 0 spiro atoms. The molecule has 0 saturated carbocycles. The van der Waals surface area contributed by atoms with E-state index in [0.717, 1.165) is 6.07 Å². The molecule has 1 aliphatic carbocycles. The van der Waals surface area contributed by atoms with Gasteiger partial charge in [0.25, 0.3) is 0 Å². The highest BCUT2D eigenvalue weighted by atomic mass is 79.9. The van der Waals surface area contributed by atoms with Gasteiger partial charge in [0.05, 0.1) is 5.56 Å². The van der Waals surface area contributed by atoms with E-state index in [1.807, 2.05) is 0 Å². The number of benzene rings is 1. The fraction of sp³-hybridized carbons (Fsp3) is 0.333. The fourth-order valence-corrected chi connectivity index (χ4v) is 4.01. The first-order valence-corrected chi connectivity index (χ1v) is 8.10. The molecule has 0 atom stereocenters. The van der Waals surface area contributed by atoms with Gasteiger partial charge in [-0.3, -0.25) is 10.6 Å². The zero-order valence-electron chi connectivity index (χ0n) is 11.9. The van der Waals surface area contributed by atoms with Crippen molar-refractivity contribution in [3.05, 3.63) is 53.6 Å².